The maximum absolute atomic E-state index is 4.62. The van der Waals surface area contributed by atoms with Crippen LogP contribution in [0.3, 0.4) is 0 Å². The van der Waals surface area contributed by atoms with Crippen LogP contribution < -0.4 is 5.32 Å². The van der Waals surface area contributed by atoms with Crippen LogP contribution in [0.25, 0.3) is 11.0 Å². The molecule has 2 aromatic heterocycles. The molecular weight excluding hydrogens is 186 g/mol. The maximum atomic E-state index is 4.62. The van der Waals surface area contributed by atoms with Gasteiger partial charge in [-0.1, -0.05) is 13.8 Å². The first-order valence-electron chi connectivity index (χ1n) is 5.16. The Kier molecular flexibility index (Phi) is 2.54. The summed E-state index contributed by atoms with van der Waals surface area (Å²) in [6, 6.07) is 6.01. The lowest BCUT2D eigenvalue weighted by atomic mass is 10.1. The average molecular weight is 201 g/mol. The summed E-state index contributed by atoms with van der Waals surface area (Å²) in [4.78, 5) is 8.91. The largest absolute Gasteiger partial charge is 0.386 e. The lowest BCUT2D eigenvalue weighted by Gasteiger charge is -2.08. The third kappa shape index (κ3) is 1.77. The molecule has 0 saturated heterocycles. The lowest BCUT2D eigenvalue weighted by Crippen LogP contribution is -1.97. The normalized spacial score (nSPS) is 10.9. The van der Waals surface area contributed by atoms with Crippen LogP contribution in [0.2, 0.25) is 0 Å². The van der Waals surface area contributed by atoms with E-state index in [-0.39, 0.29) is 0 Å². The van der Waals surface area contributed by atoms with Crippen LogP contribution in [0, 0.1) is 0 Å². The number of hydrogen-bond acceptors (Lipinski definition) is 3. The Bertz CT molecular complexity index is 477. The number of rotatable bonds is 2. The van der Waals surface area contributed by atoms with Crippen LogP contribution in [0.4, 0.5) is 5.69 Å². The van der Waals surface area contributed by atoms with Gasteiger partial charge < -0.3 is 5.32 Å². The van der Waals surface area contributed by atoms with E-state index in [2.05, 4.69) is 29.1 Å². The monoisotopic (exact) mass is 201 g/mol. The van der Waals surface area contributed by atoms with Crippen LogP contribution in [-0.4, -0.2) is 17.0 Å². The van der Waals surface area contributed by atoms with E-state index < -0.39 is 0 Å². The van der Waals surface area contributed by atoms with E-state index in [1.54, 1.807) is 6.20 Å². The van der Waals surface area contributed by atoms with Crippen LogP contribution >= 0.6 is 0 Å². The van der Waals surface area contributed by atoms with E-state index in [1.165, 1.54) is 0 Å². The number of pyridine rings is 2. The smallest absolute Gasteiger partial charge is 0.112 e. The summed E-state index contributed by atoms with van der Waals surface area (Å²) in [5.74, 6) is 0.444. The molecule has 2 aromatic rings. The lowest BCUT2D eigenvalue weighted by molar-refractivity contribution is 0.829. The second-order valence-corrected chi connectivity index (χ2v) is 3.87. The van der Waals surface area contributed by atoms with Gasteiger partial charge >= 0.3 is 0 Å². The third-order valence-electron chi connectivity index (χ3n) is 2.47. The van der Waals surface area contributed by atoms with Crippen molar-refractivity contribution in [3.63, 3.8) is 0 Å². The quantitative estimate of drug-likeness (QED) is 0.811. The third-order valence-corrected chi connectivity index (χ3v) is 2.47. The van der Waals surface area contributed by atoms with E-state index in [0.717, 1.165) is 22.4 Å². The zero-order valence-corrected chi connectivity index (χ0v) is 9.28. The van der Waals surface area contributed by atoms with Crippen molar-refractivity contribution in [1.29, 1.82) is 0 Å². The molecule has 0 atom stereocenters. The molecule has 0 fully saturated rings. The van der Waals surface area contributed by atoms with Crippen molar-refractivity contribution in [3.05, 3.63) is 30.1 Å². The van der Waals surface area contributed by atoms with Gasteiger partial charge in [-0.25, -0.2) is 4.98 Å². The molecule has 0 amide bonds. The Labute approximate surface area is 89.6 Å². The zero-order chi connectivity index (χ0) is 10.8. The molecule has 0 aromatic carbocycles. The average Bonchev–Trinajstić information content (AvgIpc) is 2.27. The van der Waals surface area contributed by atoms with Gasteiger partial charge in [-0.15, -0.1) is 0 Å². The first-order chi connectivity index (χ1) is 7.22. The Morgan fingerprint density at radius 1 is 1.20 bits per heavy atom. The summed E-state index contributed by atoms with van der Waals surface area (Å²) in [5, 5.41) is 3.13. The molecule has 3 heteroatoms. The highest BCUT2D eigenvalue weighted by Crippen LogP contribution is 2.21. The van der Waals surface area contributed by atoms with Gasteiger partial charge in [0.05, 0.1) is 11.2 Å². The molecular formula is C12H15N3. The summed E-state index contributed by atoms with van der Waals surface area (Å²) in [5.41, 5.74) is 4.02. The van der Waals surface area contributed by atoms with E-state index in [0.29, 0.717) is 5.92 Å². The Morgan fingerprint density at radius 2 is 2.00 bits per heavy atom. The maximum Gasteiger partial charge on any atom is 0.112 e. The molecule has 0 aliphatic carbocycles. The van der Waals surface area contributed by atoms with Crippen LogP contribution in [0.15, 0.2) is 24.4 Å². The van der Waals surface area contributed by atoms with E-state index >= 15 is 0 Å². The zero-order valence-electron chi connectivity index (χ0n) is 9.28. The Balaban J connectivity index is 2.67. The van der Waals surface area contributed by atoms with Crippen LogP contribution in [0.1, 0.15) is 25.5 Å². The van der Waals surface area contributed by atoms with Gasteiger partial charge in [-0.3, -0.25) is 4.98 Å². The number of fused-ring (bicyclic) bond motifs is 1. The highest BCUT2D eigenvalue weighted by molar-refractivity contribution is 5.87. The molecule has 0 saturated carbocycles. The molecule has 2 heterocycles. The Hall–Kier alpha value is -1.64. The van der Waals surface area contributed by atoms with Gasteiger partial charge in [-0.05, 0) is 24.1 Å². The number of nitrogens with zero attached hydrogens (tertiary/aromatic N) is 2. The van der Waals surface area contributed by atoms with Crippen molar-refractivity contribution in [1.82, 2.24) is 9.97 Å². The summed E-state index contributed by atoms with van der Waals surface area (Å²) in [7, 11) is 1.90. The Morgan fingerprint density at radius 3 is 2.67 bits per heavy atom. The molecule has 78 valence electrons. The number of hydrogen-bond donors (Lipinski definition) is 1. The highest BCUT2D eigenvalue weighted by atomic mass is 14.9. The molecule has 1 N–H and O–H groups in total. The summed E-state index contributed by atoms with van der Waals surface area (Å²) >= 11 is 0. The van der Waals surface area contributed by atoms with E-state index in [9.17, 15) is 0 Å². The van der Waals surface area contributed by atoms with Gasteiger partial charge in [0.15, 0.2) is 0 Å². The van der Waals surface area contributed by atoms with Crippen molar-refractivity contribution in [2.24, 2.45) is 0 Å². The molecule has 0 unspecified atom stereocenters. The fourth-order valence-electron chi connectivity index (χ4n) is 1.56. The van der Waals surface area contributed by atoms with Crippen molar-refractivity contribution in [2.75, 3.05) is 12.4 Å². The summed E-state index contributed by atoms with van der Waals surface area (Å²) in [6.07, 6.45) is 1.80. The molecule has 3 nitrogen and oxygen atoms in total. The first kappa shape index (κ1) is 9.90. The van der Waals surface area contributed by atoms with Crippen molar-refractivity contribution < 1.29 is 0 Å². The van der Waals surface area contributed by atoms with Crippen molar-refractivity contribution in [3.8, 4) is 0 Å². The number of nitrogens with one attached hydrogen (secondary N) is 1. The van der Waals surface area contributed by atoms with Gasteiger partial charge in [0.25, 0.3) is 0 Å². The van der Waals surface area contributed by atoms with Gasteiger partial charge in [0.1, 0.15) is 5.52 Å². The number of anilines is 1. The first-order valence-corrected chi connectivity index (χ1v) is 5.16. The standard InChI is InChI=1S/C12H15N3/c1-8(2)9-4-5-11-12(15-9)10(13-3)6-7-14-11/h4-8H,1-3H3,(H,13,14). The minimum atomic E-state index is 0.444. The van der Waals surface area contributed by atoms with Crippen molar-refractivity contribution in [2.45, 2.75) is 19.8 Å². The minimum Gasteiger partial charge on any atom is -0.386 e. The molecule has 0 spiro atoms. The topological polar surface area (TPSA) is 37.8 Å². The van der Waals surface area contributed by atoms with Gasteiger partial charge in [-0.2, -0.15) is 0 Å². The highest BCUT2D eigenvalue weighted by Gasteiger charge is 2.05. The summed E-state index contributed by atoms with van der Waals surface area (Å²) in [6.45, 7) is 4.28. The number of aromatic nitrogens is 2. The fourth-order valence-corrected chi connectivity index (χ4v) is 1.56. The second-order valence-electron chi connectivity index (χ2n) is 3.87. The molecule has 0 aliphatic rings. The van der Waals surface area contributed by atoms with E-state index in [4.69, 9.17) is 0 Å². The fraction of sp³-hybridized carbons (Fsp3) is 0.333. The SMILES string of the molecule is CNc1ccnc2ccc(C(C)C)nc12. The molecule has 15 heavy (non-hydrogen) atoms. The predicted octanol–water partition coefficient (Wildman–Crippen LogP) is 2.79. The minimum absolute atomic E-state index is 0.444. The second kappa shape index (κ2) is 3.85. The summed E-state index contributed by atoms with van der Waals surface area (Å²) < 4.78 is 0. The van der Waals surface area contributed by atoms with Crippen LogP contribution in [0.5, 0.6) is 0 Å². The van der Waals surface area contributed by atoms with Crippen LogP contribution in [-0.2, 0) is 0 Å². The molecule has 2 rings (SSSR count). The predicted molar refractivity (Wildman–Crippen MR) is 63.2 cm³/mol. The molecule has 0 bridgehead atoms. The van der Waals surface area contributed by atoms with Crippen molar-refractivity contribution >= 4 is 16.7 Å². The van der Waals surface area contributed by atoms with E-state index in [1.807, 2.05) is 25.2 Å². The van der Waals surface area contributed by atoms with Gasteiger partial charge in [0.2, 0.25) is 0 Å². The molecule has 0 aliphatic heterocycles. The van der Waals surface area contributed by atoms with Gasteiger partial charge in [0, 0.05) is 18.9 Å². The molecule has 0 radical (unpaired) electrons.